The normalized spacial score (nSPS) is 21.5. The smallest absolute Gasteiger partial charge is 0.223 e. The van der Waals surface area contributed by atoms with Crippen LogP contribution in [0.2, 0.25) is 0 Å². The second-order valence-corrected chi connectivity index (χ2v) is 8.42. The summed E-state index contributed by atoms with van der Waals surface area (Å²) in [5, 5.41) is 3.24. The molecule has 5 nitrogen and oxygen atoms in total. The molecule has 2 aliphatic rings. The van der Waals surface area contributed by atoms with Gasteiger partial charge in [0, 0.05) is 23.5 Å². The van der Waals surface area contributed by atoms with E-state index in [0.29, 0.717) is 12.3 Å². The minimum Gasteiger partial charge on any atom is -0.493 e. The molecule has 1 fully saturated rings. The van der Waals surface area contributed by atoms with E-state index in [2.05, 4.69) is 18.3 Å². The van der Waals surface area contributed by atoms with Crippen LogP contribution < -0.4 is 19.7 Å². The van der Waals surface area contributed by atoms with Gasteiger partial charge in [-0.3, -0.25) is 4.79 Å². The second kappa shape index (κ2) is 8.64. The maximum Gasteiger partial charge on any atom is 0.223 e. The van der Waals surface area contributed by atoms with Crippen LogP contribution in [0, 0.1) is 11.7 Å². The molecule has 2 aromatic rings. The van der Waals surface area contributed by atoms with Crippen LogP contribution in [-0.4, -0.2) is 32.7 Å². The first kappa shape index (κ1) is 20.7. The van der Waals surface area contributed by atoms with Gasteiger partial charge in [0.25, 0.3) is 0 Å². The molecule has 6 heteroatoms. The number of hydrogen-bond acceptors (Lipinski definition) is 3. The number of rotatable bonds is 7. The Morgan fingerprint density at radius 3 is 2.60 bits per heavy atom. The lowest BCUT2D eigenvalue weighted by atomic mass is 9.87. The van der Waals surface area contributed by atoms with Crippen molar-refractivity contribution in [1.82, 2.24) is 5.32 Å². The molecule has 2 aromatic carbocycles. The highest BCUT2D eigenvalue weighted by Gasteiger charge is 2.39. The molecule has 1 aliphatic carbocycles. The highest BCUT2D eigenvalue weighted by molar-refractivity contribution is 5.81. The molecule has 30 heavy (non-hydrogen) atoms. The van der Waals surface area contributed by atoms with Crippen molar-refractivity contribution in [3.8, 4) is 11.5 Å². The van der Waals surface area contributed by atoms with Gasteiger partial charge in [0.15, 0.2) is 11.5 Å². The molecule has 0 aromatic heterocycles. The van der Waals surface area contributed by atoms with E-state index in [9.17, 15) is 9.18 Å². The van der Waals surface area contributed by atoms with Crippen LogP contribution in [0.1, 0.15) is 42.5 Å². The zero-order chi connectivity index (χ0) is 21.3. The molecule has 3 atom stereocenters. The first-order valence-electron chi connectivity index (χ1n) is 10.6. The van der Waals surface area contributed by atoms with Gasteiger partial charge in [-0.15, -0.1) is 0 Å². The lowest BCUT2D eigenvalue weighted by Crippen LogP contribution is -3.13. The Hall–Kier alpha value is -2.60. The highest BCUT2D eigenvalue weighted by atomic mass is 19.1. The largest absolute Gasteiger partial charge is 0.493 e. The minimum atomic E-state index is -0.220. The summed E-state index contributed by atoms with van der Waals surface area (Å²) in [7, 11) is 3.28. The minimum absolute atomic E-state index is 0.0412. The molecule has 0 radical (unpaired) electrons. The van der Waals surface area contributed by atoms with Crippen molar-refractivity contribution in [1.29, 1.82) is 0 Å². The molecule has 0 spiro atoms. The third-order valence-electron chi connectivity index (χ3n) is 6.27. The predicted molar refractivity (Wildman–Crippen MR) is 112 cm³/mol. The van der Waals surface area contributed by atoms with Crippen LogP contribution in [0.3, 0.4) is 0 Å². The fourth-order valence-corrected chi connectivity index (χ4v) is 4.61. The van der Waals surface area contributed by atoms with Crippen molar-refractivity contribution in [2.24, 2.45) is 5.92 Å². The molecular weight excluding hydrogens is 383 g/mol. The number of hydrogen-bond donors (Lipinski definition) is 2. The molecule has 0 saturated heterocycles. The Labute approximate surface area is 177 Å². The average molecular weight is 414 g/mol. The highest BCUT2D eigenvalue weighted by Crippen LogP contribution is 2.35. The molecule has 4 rings (SSSR count). The molecular formula is C24H30FN2O3+. The van der Waals surface area contributed by atoms with E-state index in [1.54, 1.807) is 26.4 Å². The van der Waals surface area contributed by atoms with E-state index in [4.69, 9.17) is 9.47 Å². The number of methoxy groups -OCH3 is 2. The van der Waals surface area contributed by atoms with E-state index in [1.807, 2.05) is 12.1 Å². The summed E-state index contributed by atoms with van der Waals surface area (Å²) in [5.74, 6) is 1.49. The maximum atomic E-state index is 13.8. The molecule has 1 unspecified atom stereocenters. The molecule has 1 amide bonds. The van der Waals surface area contributed by atoms with Crippen molar-refractivity contribution < 1.29 is 23.6 Å². The summed E-state index contributed by atoms with van der Waals surface area (Å²) in [4.78, 5) is 13.8. The third kappa shape index (κ3) is 4.29. The standard InChI is InChI=1S/C24H29FN2O3/c1-15(26-24(28)17-7-8-17)23-20-13-22(30-3)21(29-2)12-18(20)9-10-27(23)14-16-5-4-6-19(25)11-16/h4-6,11-13,15,17,23H,7-10,14H2,1-3H3,(H,26,28)/p+1/t15-,23+/m0/s1. The van der Waals surface area contributed by atoms with Crippen LogP contribution in [0.25, 0.3) is 0 Å². The molecule has 1 saturated carbocycles. The van der Waals surface area contributed by atoms with Gasteiger partial charge in [-0.2, -0.15) is 0 Å². The molecule has 1 heterocycles. The van der Waals surface area contributed by atoms with Gasteiger partial charge in [-0.1, -0.05) is 12.1 Å². The summed E-state index contributed by atoms with van der Waals surface area (Å²) in [6.07, 6.45) is 2.84. The summed E-state index contributed by atoms with van der Waals surface area (Å²) in [6, 6.07) is 10.9. The van der Waals surface area contributed by atoms with Crippen molar-refractivity contribution in [2.45, 2.75) is 44.8 Å². The number of nitrogens with one attached hydrogen (secondary N) is 2. The van der Waals surface area contributed by atoms with Gasteiger partial charge in [-0.05, 0) is 49.6 Å². The molecule has 1 aliphatic heterocycles. The second-order valence-electron chi connectivity index (χ2n) is 8.42. The van der Waals surface area contributed by atoms with Gasteiger partial charge in [0.2, 0.25) is 5.91 Å². The summed E-state index contributed by atoms with van der Waals surface area (Å²) < 4.78 is 24.8. The van der Waals surface area contributed by atoms with Crippen LogP contribution in [0.4, 0.5) is 4.39 Å². The number of carbonyl (C=O) groups excluding carboxylic acids is 1. The van der Waals surface area contributed by atoms with Gasteiger partial charge < -0.3 is 19.7 Å². The first-order valence-corrected chi connectivity index (χ1v) is 10.6. The number of ether oxygens (including phenoxy) is 2. The molecule has 0 bridgehead atoms. The third-order valence-corrected chi connectivity index (χ3v) is 6.27. The van der Waals surface area contributed by atoms with E-state index in [1.165, 1.54) is 16.5 Å². The van der Waals surface area contributed by atoms with Crippen LogP contribution in [0.5, 0.6) is 11.5 Å². The fraction of sp³-hybridized carbons (Fsp3) is 0.458. The predicted octanol–water partition coefficient (Wildman–Crippen LogP) is 2.44. The maximum absolute atomic E-state index is 13.8. The van der Waals surface area contributed by atoms with E-state index >= 15 is 0 Å². The molecule has 160 valence electrons. The summed E-state index contributed by atoms with van der Waals surface area (Å²) in [5.41, 5.74) is 3.33. The number of amides is 1. The van der Waals surface area contributed by atoms with Gasteiger partial charge in [0.1, 0.15) is 18.4 Å². The van der Waals surface area contributed by atoms with Crippen LogP contribution in [-0.2, 0) is 17.8 Å². The van der Waals surface area contributed by atoms with Crippen molar-refractivity contribution in [3.05, 3.63) is 58.9 Å². The van der Waals surface area contributed by atoms with Crippen molar-refractivity contribution >= 4 is 5.91 Å². The van der Waals surface area contributed by atoms with Crippen LogP contribution in [0.15, 0.2) is 36.4 Å². The summed E-state index contributed by atoms with van der Waals surface area (Å²) in [6.45, 7) is 3.66. The van der Waals surface area contributed by atoms with Crippen LogP contribution >= 0.6 is 0 Å². The number of carbonyl (C=O) groups is 1. The lowest BCUT2D eigenvalue weighted by Gasteiger charge is -2.38. The lowest BCUT2D eigenvalue weighted by molar-refractivity contribution is -0.948. The number of fused-ring (bicyclic) bond motifs is 1. The van der Waals surface area contributed by atoms with Crippen molar-refractivity contribution in [3.63, 3.8) is 0 Å². The number of quaternary nitrogens is 1. The van der Waals surface area contributed by atoms with E-state index in [-0.39, 0.29) is 29.7 Å². The first-order chi connectivity index (χ1) is 14.5. The average Bonchev–Trinajstić information content (AvgIpc) is 3.58. The van der Waals surface area contributed by atoms with Gasteiger partial charge in [0.05, 0.1) is 26.8 Å². The topological polar surface area (TPSA) is 52.0 Å². The zero-order valence-electron chi connectivity index (χ0n) is 17.8. The Morgan fingerprint density at radius 1 is 1.20 bits per heavy atom. The van der Waals surface area contributed by atoms with E-state index < -0.39 is 0 Å². The Morgan fingerprint density at radius 2 is 1.93 bits per heavy atom. The van der Waals surface area contributed by atoms with Gasteiger partial charge >= 0.3 is 0 Å². The SMILES string of the molecule is COc1cc2c(cc1OC)[C@@H]([C@H](C)NC(=O)C1CC1)[NH+](Cc1cccc(F)c1)CC2. The zero-order valence-corrected chi connectivity index (χ0v) is 17.8. The van der Waals surface area contributed by atoms with E-state index in [0.717, 1.165) is 42.7 Å². The quantitative estimate of drug-likeness (QED) is 0.733. The summed E-state index contributed by atoms with van der Waals surface area (Å²) >= 11 is 0. The molecule has 2 N–H and O–H groups in total. The Kier molecular flexibility index (Phi) is 5.95. The monoisotopic (exact) mass is 413 g/mol. The Bertz CT molecular complexity index is 929. The fourth-order valence-electron chi connectivity index (χ4n) is 4.61. The van der Waals surface area contributed by atoms with Crippen molar-refractivity contribution in [2.75, 3.05) is 20.8 Å². The number of benzene rings is 2. The van der Waals surface area contributed by atoms with Gasteiger partial charge in [-0.25, -0.2) is 4.39 Å². The number of halogens is 1. The Balaban J connectivity index is 1.68.